The van der Waals surface area contributed by atoms with Crippen LogP contribution in [0.15, 0.2) is 54.6 Å². The van der Waals surface area contributed by atoms with Gasteiger partial charge in [-0.3, -0.25) is 0 Å². The molecule has 2 aromatic rings. The number of benzene rings is 2. The number of halogens is 1. The largest absolute Gasteiger partial charge is 0.355 e. The molecule has 0 radical (unpaired) electrons. The molecule has 0 saturated carbocycles. The zero-order chi connectivity index (χ0) is 13.8. The first-order valence-corrected chi connectivity index (χ1v) is 7.20. The Morgan fingerprint density at radius 1 is 1.00 bits per heavy atom. The van der Waals surface area contributed by atoms with Gasteiger partial charge in [0.1, 0.15) is 6.79 Å². The average Bonchev–Trinajstić information content (AvgIpc) is 2.51. The van der Waals surface area contributed by atoms with Crippen LogP contribution in [0.2, 0.25) is 5.02 Å². The lowest BCUT2D eigenvalue weighted by Gasteiger charge is -2.32. The third-order valence-corrected chi connectivity index (χ3v) is 4.03. The molecule has 2 aromatic carbocycles. The first-order chi connectivity index (χ1) is 9.84. The van der Waals surface area contributed by atoms with Crippen molar-refractivity contribution in [3.05, 3.63) is 70.7 Å². The van der Waals surface area contributed by atoms with Crippen molar-refractivity contribution in [3.8, 4) is 0 Å². The molecule has 1 saturated heterocycles. The van der Waals surface area contributed by atoms with Crippen LogP contribution in [-0.4, -0.2) is 13.4 Å². The summed E-state index contributed by atoms with van der Waals surface area (Å²) in [5, 5.41) is 0.810. The predicted octanol–water partition coefficient (Wildman–Crippen LogP) is 4.24. The van der Waals surface area contributed by atoms with Gasteiger partial charge >= 0.3 is 0 Å². The molecule has 104 valence electrons. The molecule has 0 amide bonds. The second-order valence-electron chi connectivity index (χ2n) is 5.04. The summed E-state index contributed by atoms with van der Waals surface area (Å²) in [6.45, 7) is 1.06. The van der Waals surface area contributed by atoms with E-state index in [4.69, 9.17) is 21.1 Å². The average molecular weight is 289 g/mol. The van der Waals surface area contributed by atoms with Gasteiger partial charge < -0.3 is 9.47 Å². The van der Waals surface area contributed by atoms with Crippen LogP contribution in [0.4, 0.5) is 0 Å². The van der Waals surface area contributed by atoms with Gasteiger partial charge in [0, 0.05) is 10.9 Å². The molecule has 1 aliphatic rings. The zero-order valence-corrected chi connectivity index (χ0v) is 11.9. The van der Waals surface area contributed by atoms with E-state index in [0.29, 0.717) is 13.4 Å². The van der Waals surface area contributed by atoms with Gasteiger partial charge in [-0.2, -0.15) is 0 Å². The van der Waals surface area contributed by atoms with E-state index in [1.54, 1.807) is 0 Å². The van der Waals surface area contributed by atoms with Gasteiger partial charge in [0.05, 0.1) is 12.7 Å². The van der Waals surface area contributed by atoms with Gasteiger partial charge in [-0.15, -0.1) is 0 Å². The second kappa shape index (κ2) is 6.40. The predicted molar refractivity (Wildman–Crippen MR) is 79.7 cm³/mol. The first-order valence-electron chi connectivity index (χ1n) is 6.82. The molecule has 3 rings (SSSR count). The van der Waals surface area contributed by atoms with Crippen LogP contribution in [0.3, 0.4) is 0 Å². The van der Waals surface area contributed by atoms with Crippen LogP contribution in [0.1, 0.15) is 17.2 Å². The molecule has 0 spiro atoms. The summed E-state index contributed by atoms with van der Waals surface area (Å²) in [7, 11) is 0. The SMILES string of the molecule is Clc1ccccc1C[C@@H]1COCO[C@H]1c1ccccc1. The van der Waals surface area contributed by atoms with Gasteiger partial charge in [-0.05, 0) is 23.6 Å². The third-order valence-electron chi connectivity index (χ3n) is 3.66. The van der Waals surface area contributed by atoms with Gasteiger partial charge in [-0.1, -0.05) is 60.1 Å². The number of hydrogen-bond donors (Lipinski definition) is 0. The Balaban J connectivity index is 1.81. The standard InChI is InChI=1S/C17H17ClO2/c18-16-9-5-4-8-14(16)10-15-11-19-12-20-17(15)13-6-2-1-3-7-13/h1-9,15,17H,10-12H2/t15-,17+/m1/s1. The Morgan fingerprint density at radius 3 is 2.55 bits per heavy atom. The van der Waals surface area contributed by atoms with Crippen LogP contribution < -0.4 is 0 Å². The number of ether oxygens (including phenoxy) is 2. The van der Waals surface area contributed by atoms with Crippen molar-refractivity contribution in [2.75, 3.05) is 13.4 Å². The Kier molecular flexibility index (Phi) is 4.36. The lowest BCUT2D eigenvalue weighted by Crippen LogP contribution is -2.29. The smallest absolute Gasteiger partial charge is 0.147 e. The van der Waals surface area contributed by atoms with Crippen molar-refractivity contribution in [2.45, 2.75) is 12.5 Å². The van der Waals surface area contributed by atoms with E-state index in [2.05, 4.69) is 18.2 Å². The van der Waals surface area contributed by atoms with Crippen LogP contribution in [-0.2, 0) is 15.9 Å². The number of hydrogen-bond acceptors (Lipinski definition) is 2. The van der Waals surface area contributed by atoms with E-state index in [0.717, 1.165) is 17.0 Å². The molecule has 20 heavy (non-hydrogen) atoms. The summed E-state index contributed by atoms with van der Waals surface area (Å²) in [5.41, 5.74) is 2.35. The van der Waals surface area contributed by atoms with Crippen LogP contribution in [0, 0.1) is 5.92 Å². The second-order valence-corrected chi connectivity index (χ2v) is 5.45. The summed E-state index contributed by atoms with van der Waals surface area (Å²) in [5.74, 6) is 0.283. The van der Waals surface area contributed by atoms with E-state index in [1.807, 2.05) is 36.4 Å². The van der Waals surface area contributed by atoms with Crippen molar-refractivity contribution < 1.29 is 9.47 Å². The van der Waals surface area contributed by atoms with E-state index < -0.39 is 0 Å². The minimum atomic E-state index is 0.0706. The Hall–Kier alpha value is -1.35. The van der Waals surface area contributed by atoms with Crippen molar-refractivity contribution in [1.29, 1.82) is 0 Å². The Morgan fingerprint density at radius 2 is 1.75 bits per heavy atom. The van der Waals surface area contributed by atoms with Crippen molar-refractivity contribution in [1.82, 2.24) is 0 Å². The fraction of sp³-hybridized carbons (Fsp3) is 0.294. The molecule has 1 aliphatic heterocycles. The highest BCUT2D eigenvalue weighted by Crippen LogP contribution is 2.33. The molecule has 0 bridgehead atoms. The fourth-order valence-electron chi connectivity index (χ4n) is 2.67. The molecule has 1 fully saturated rings. The van der Waals surface area contributed by atoms with E-state index in [-0.39, 0.29) is 12.0 Å². The lowest BCUT2D eigenvalue weighted by atomic mass is 9.90. The summed E-state index contributed by atoms with van der Waals surface area (Å²) in [4.78, 5) is 0. The highest BCUT2D eigenvalue weighted by molar-refractivity contribution is 6.31. The Labute approximate surface area is 124 Å². The summed E-state index contributed by atoms with van der Waals surface area (Å²) in [6.07, 6.45) is 0.931. The maximum atomic E-state index is 6.26. The highest BCUT2D eigenvalue weighted by atomic mass is 35.5. The topological polar surface area (TPSA) is 18.5 Å². The molecular formula is C17H17ClO2. The highest BCUT2D eigenvalue weighted by Gasteiger charge is 2.28. The van der Waals surface area contributed by atoms with E-state index >= 15 is 0 Å². The monoisotopic (exact) mass is 288 g/mol. The molecule has 1 heterocycles. The number of rotatable bonds is 3. The van der Waals surface area contributed by atoms with Crippen LogP contribution >= 0.6 is 11.6 Å². The normalized spacial score (nSPS) is 22.6. The molecule has 3 heteroatoms. The molecule has 2 atom stereocenters. The van der Waals surface area contributed by atoms with Crippen LogP contribution in [0.25, 0.3) is 0 Å². The van der Waals surface area contributed by atoms with E-state index in [1.165, 1.54) is 5.56 Å². The minimum absolute atomic E-state index is 0.0706. The molecule has 2 nitrogen and oxygen atoms in total. The van der Waals surface area contributed by atoms with Crippen molar-refractivity contribution in [3.63, 3.8) is 0 Å². The van der Waals surface area contributed by atoms with Gasteiger partial charge in [-0.25, -0.2) is 0 Å². The molecule has 0 N–H and O–H groups in total. The van der Waals surface area contributed by atoms with E-state index in [9.17, 15) is 0 Å². The fourth-order valence-corrected chi connectivity index (χ4v) is 2.88. The van der Waals surface area contributed by atoms with Crippen molar-refractivity contribution >= 4 is 11.6 Å². The van der Waals surface area contributed by atoms with Gasteiger partial charge in [0.15, 0.2) is 0 Å². The minimum Gasteiger partial charge on any atom is -0.355 e. The third kappa shape index (κ3) is 3.04. The van der Waals surface area contributed by atoms with Gasteiger partial charge in [0.2, 0.25) is 0 Å². The molecule has 0 aliphatic carbocycles. The first kappa shape index (κ1) is 13.6. The zero-order valence-electron chi connectivity index (χ0n) is 11.2. The summed E-state index contributed by atoms with van der Waals surface area (Å²) >= 11 is 6.26. The Bertz CT molecular complexity index is 556. The quantitative estimate of drug-likeness (QED) is 0.841. The maximum absolute atomic E-state index is 6.26. The summed E-state index contributed by atoms with van der Waals surface area (Å²) < 4.78 is 11.3. The molecule has 0 aromatic heterocycles. The molecule has 0 unspecified atom stereocenters. The van der Waals surface area contributed by atoms with Crippen molar-refractivity contribution in [2.24, 2.45) is 5.92 Å². The summed E-state index contributed by atoms with van der Waals surface area (Å²) in [6, 6.07) is 18.3. The maximum Gasteiger partial charge on any atom is 0.147 e. The van der Waals surface area contributed by atoms with Gasteiger partial charge in [0.25, 0.3) is 0 Å². The van der Waals surface area contributed by atoms with Crippen LogP contribution in [0.5, 0.6) is 0 Å². The molecular weight excluding hydrogens is 272 g/mol. The lowest BCUT2D eigenvalue weighted by molar-refractivity contribution is -0.172.